The van der Waals surface area contributed by atoms with E-state index in [9.17, 15) is 4.79 Å². The van der Waals surface area contributed by atoms with E-state index in [4.69, 9.17) is 0 Å². The fourth-order valence-corrected chi connectivity index (χ4v) is 2.63. The van der Waals surface area contributed by atoms with Crippen LogP contribution in [-0.2, 0) is 0 Å². The highest BCUT2D eigenvalue weighted by molar-refractivity contribution is 5.98. The molecule has 0 radical (unpaired) electrons. The summed E-state index contributed by atoms with van der Waals surface area (Å²) in [7, 11) is 3.62. The highest BCUT2D eigenvalue weighted by atomic mass is 16.2. The van der Waals surface area contributed by atoms with Gasteiger partial charge < -0.3 is 4.90 Å². The summed E-state index contributed by atoms with van der Waals surface area (Å²) in [5, 5.41) is 0. The molecule has 1 aromatic carbocycles. The second-order valence-corrected chi connectivity index (χ2v) is 5.43. The fraction of sp³-hybridized carbons (Fsp3) is 0.471. The minimum absolute atomic E-state index is 0.0959. The van der Waals surface area contributed by atoms with Gasteiger partial charge in [0.25, 0.3) is 5.91 Å². The number of nitrogens with zero attached hydrogens (tertiary/aromatic N) is 1. The summed E-state index contributed by atoms with van der Waals surface area (Å²) in [5.74, 6) is 0.0959. The van der Waals surface area contributed by atoms with Crippen molar-refractivity contribution in [3.8, 4) is 0 Å². The van der Waals surface area contributed by atoms with E-state index in [1.54, 1.807) is 4.90 Å². The Morgan fingerprint density at radius 2 is 1.79 bits per heavy atom. The molecule has 0 bridgehead atoms. The number of hydrogen-bond acceptors (Lipinski definition) is 1. The maximum absolute atomic E-state index is 12.3. The van der Waals surface area contributed by atoms with Gasteiger partial charge in [0.1, 0.15) is 0 Å². The summed E-state index contributed by atoms with van der Waals surface area (Å²) in [6.07, 6.45) is 9.71. The molecule has 102 valence electrons. The van der Waals surface area contributed by atoms with Crippen molar-refractivity contribution in [1.82, 2.24) is 4.90 Å². The lowest BCUT2D eigenvalue weighted by Gasteiger charge is -2.17. The predicted molar refractivity (Wildman–Crippen MR) is 80.1 cm³/mol. The Labute approximate surface area is 116 Å². The van der Waals surface area contributed by atoms with Gasteiger partial charge in [0.15, 0.2) is 0 Å². The van der Waals surface area contributed by atoms with Crippen LogP contribution in [-0.4, -0.2) is 24.9 Å². The predicted octanol–water partition coefficient (Wildman–Crippen LogP) is 4.13. The number of carbonyl (C=O) groups excluding carboxylic acids is 1. The molecular formula is C17H23NO. The zero-order valence-corrected chi connectivity index (χ0v) is 12.0. The van der Waals surface area contributed by atoms with Crippen molar-refractivity contribution in [3.63, 3.8) is 0 Å². The highest BCUT2D eigenvalue weighted by Crippen LogP contribution is 2.28. The van der Waals surface area contributed by atoms with Gasteiger partial charge in [-0.3, -0.25) is 4.79 Å². The van der Waals surface area contributed by atoms with E-state index in [1.165, 1.54) is 31.3 Å². The number of allylic oxidation sites excluding steroid dienone is 2. The van der Waals surface area contributed by atoms with Gasteiger partial charge in [-0.25, -0.2) is 0 Å². The van der Waals surface area contributed by atoms with Crippen LogP contribution in [0, 0.1) is 0 Å². The Balaban J connectivity index is 2.35. The van der Waals surface area contributed by atoms with Gasteiger partial charge >= 0.3 is 0 Å². The first-order chi connectivity index (χ1) is 9.20. The average Bonchev–Trinajstić information content (AvgIpc) is 2.37. The molecule has 0 aliphatic heterocycles. The summed E-state index contributed by atoms with van der Waals surface area (Å²) >= 11 is 0. The lowest BCUT2D eigenvalue weighted by Crippen LogP contribution is -2.22. The van der Waals surface area contributed by atoms with Crippen LogP contribution in [0.25, 0.3) is 5.57 Å². The van der Waals surface area contributed by atoms with Crippen LogP contribution in [0.1, 0.15) is 54.4 Å². The van der Waals surface area contributed by atoms with Gasteiger partial charge in [-0.2, -0.15) is 0 Å². The molecule has 2 rings (SSSR count). The van der Waals surface area contributed by atoms with Crippen molar-refractivity contribution in [3.05, 3.63) is 41.5 Å². The monoisotopic (exact) mass is 257 g/mol. The van der Waals surface area contributed by atoms with Crippen molar-refractivity contribution in [2.24, 2.45) is 0 Å². The van der Waals surface area contributed by atoms with Crippen molar-refractivity contribution in [2.45, 2.75) is 38.5 Å². The Hall–Kier alpha value is -1.57. The Morgan fingerprint density at radius 1 is 1.05 bits per heavy atom. The molecule has 1 aromatic rings. The molecule has 0 saturated heterocycles. The molecule has 0 fully saturated rings. The van der Waals surface area contributed by atoms with Gasteiger partial charge in [-0.15, -0.1) is 0 Å². The second kappa shape index (κ2) is 6.55. The van der Waals surface area contributed by atoms with Crippen LogP contribution in [0.5, 0.6) is 0 Å². The van der Waals surface area contributed by atoms with Gasteiger partial charge in [0, 0.05) is 19.7 Å². The number of amides is 1. The van der Waals surface area contributed by atoms with Crippen LogP contribution in [0.2, 0.25) is 0 Å². The zero-order chi connectivity index (χ0) is 13.7. The molecule has 1 amide bonds. The lowest BCUT2D eigenvalue weighted by molar-refractivity contribution is 0.0827. The third kappa shape index (κ3) is 3.46. The summed E-state index contributed by atoms with van der Waals surface area (Å²) in [5.41, 5.74) is 3.31. The number of benzene rings is 1. The summed E-state index contributed by atoms with van der Waals surface area (Å²) in [6, 6.07) is 8.01. The molecule has 0 heterocycles. The maximum Gasteiger partial charge on any atom is 0.253 e. The number of hydrogen-bond donors (Lipinski definition) is 0. The van der Waals surface area contributed by atoms with E-state index in [1.807, 2.05) is 32.3 Å². The molecule has 0 unspecified atom stereocenters. The first kappa shape index (κ1) is 13.9. The lowest BCUT2D eigenvalue weighted by atomic mass is 9.91. The maximum atomic E-state index is 12.3. The molecule has 0 aromatic heterocycles. The van der Waals surface area contributed by atoms with Crippen molar-refractivity contribution in [1.29, 1.82) is 0 Å². The van der Waals surface area contributed by atoms with E-state index in [0.29, 0.717) is 0 Å². The Morgan fingerprint density at radius 3 is 2.58 bits per heavy atom. The molecule has 0 N–H and O–H groups in total. The minimum atomic E-state index is 0.0959. The molecule has 2 heteroatoms. The number of rotatable bonds is 2. The topological polar surface area (TPSA) is 20.3 Å². The van der Waals surface area contributed by atoms with Gasteiger partial charge in [-0.05, 0) is 42.9 Å². The Bertz CT molecular complexity index is 474. The van der Waals surface area contributed by atoms with E-state index in [2.05, 4.69) is 12.1 Å². The highest BCUT2D eigenvalue weighted by Gasteiger charge is 2.15. The molecule has 0 atom stereocenters. The Kier molecular flexibility index (Phi) is 4.78. The third-order valence-corrected chi connectivity index (χ3v) is 3.70. The van der Waals surface area contributed by atoms with E-state index >= 15 is 0 Å². The average molecular weight is 257 g/mol. The normalized spacial score (nSPS) is 18.9. The van der Waals surface area contributed by atoms with Gasteiger partial charge in [0.05, 0.1) is 0 Å². The van der Waals surface area contributed by atoms with Crippen LogP contribution in [0.4, 0.5) is 0 Å². The first-order valence-electron chi connectivity index (χ1n) is 7.20. The summed E-state index contributed by atoms with van der Waals surface area (Å²) < 4.78 is 0. The van der Waals surface area contributed by atoms with E-state index in [0.717, 1.165) is 24.0 Å². The summed E-state index contributed by atoms with van der Waals surface area (Å²) in [6.45, 7) is 0. The smallest absolute Gasteiger partial charge is 0.253 e. The van der Waals surface area contributed by atoms with Crippen LogP contribution < -0.4 is 0 Å². The van der Waals surface area contributed by atoms with Crippen molar-refractivity contribution in [2.75, 3.05) is 14.1 Å². The largest absolute Gasteiger partial charge is 0.345 e. The van der Waals surface area contributed by atoms with Gasteiger partial charge in [-0.1, -0.05) is 37.1 Å². The molecule has 0 saturated carbocycles. The minimum Gasteiger partial charge on any atom is -0.345 e. The standard InChI is InChI=1S/C17H23NO/c1-18(2)17(19)16-13-9-8-12-15(16)14-10-6-4-3-5-7-11-14/h8-10,12-13H,3-7,11H2,1-2H3/b14-10+. The molecule has 0 spiro atoms. The fourth-order valence-electron chi connectivity index (χ4n) is 2.63. The number of carbonyl (C=O) groups is 1. The first-order valence-corrected chi connectivity index (χ1v) is 7.20. The van der Waals surface area contributed by atoms with Crippen LogP contribution >= 0.6 is 0 Å². The quantitative estimate of drug-likeness (QED) is 0.780. The van der Waals surface area contributed by atoms with E-state index < -0.39 is 0 Å². The second-order valence-electron chi connectivity index (χ2n) is 5.43. The van der Waals surface area contributed by atoms with Crippen molar-refractivity contribution < 1.29 is 4.79 Å². The summed E-state index contributed by atoms with van der Waals surface area (Å²) in [4.78, 5) is 13.9. The third-order valence-electron chi connectivity index (χ3n) is 3.70. The molecule has 1 aliphatic rings. The van der Waals surface area contributed by atoms with Crippen LogP contribution in [0.15, 0.2) is 30.3 Å². The molecule has 1 aliphatic carbocycles. The molecule has 19 heavy (non-hydrogen) atoms. The van der Waals surface area contributed by atoms with Crippen molar-refractivity contribution >= 4 is 11.5 Å². The molecular weight excluding hydrogens is 234 g/mol. The zero-order valence-electron chi connectivity index (χ0n) is 12.0. The molecule has 2 nitrogen and oxygen atoms in total. The van der Waals surface area contributed by atoms with Crippen LogP contribution in [0.3, 0.4) is 0 Å². The van der Waals surface area contributed by atoms with E-state index in [-0.39, 0.29) is 5.91 Å². The van der Waals surface area contributed by atoms with Gasteiger partial charge in [0.2, 0.25) is 0 Å². The SMILES string of the molecule is CN(C)C(=O)c1ccccc1/C1=C/CCCCCC1.